The van der Waals surface area contributed by atoms with Gasteiger partial charge in [0.15, 0.2) is 0 Å². The van der Waals surface area contributed by atoms with Gasteiger partial charge < -0.3 is 4.90 Å². The van der Waals surface area contributed by atoms with E-state index in [0.29, 0.717) is 24.5 Å². The molecule has 0 N–H and O–H groups in total. The van der Waals surface area contributed by atoms with E-state index in [1.54, 1.807) is 30.5 Å². The van der Waals surface area contributed by atoms with Crippen LogP contribution >= 0.6 is 0 Å². The van der Waals surface area contributed by atoms with Gasteiger partial charge in [0.2, 0.25) is 0 Å². The first kappa shape index (κ1) is 13.0. The molecule has 96 valence electrons. The van der Waals surface area contributed by atoms with E-state index in [4.69, 9.17) is 5.26 Å². The minimum Gasteiger partial charge on any atom is -0.365 e. The van der Waals surface area contributed by atoms with Crippen molar-refractivity contribution in [3.63, 3.8) is 0 Å². The summed E-state index contributed by atoms with van der Waals surface area (Å²) in [4.78, 5) is 5.90. The molecule has 0 spiro atoms. The minimum atomic E-state index is -0.258. The van der Waals surface area contributed by atoms with E-state index in [2.05, 4.69) is 11.1 Å². The maximum absolute atomic E-state index is 13.8. The molecule has 3 nitrogen and oxygen atoms in total. The summed E-state index contributed by atoms with van der Waals surface area (Å²) in [6.07, 6.45) is 1.58. The Balaban J connectivity index is 2.30. The fraction of sp³-hybridized carbons (Fsp3) is 0.200. The van der Waals surface area contributed by atoms with Gasteiger partial charge in [-0.3, -0.25) is 0 Å². The summed E-state index contributed by atoms with van der Waals surface area (Å²) in [6.45, 7) is 3.07. The number of benzene rings is 1. The Labute approximate surface area is 111 Å². The molecule has 0 bridgehead atoms. The zero-order chi connectivity index (χ0) is 13.7. The summed E-state index contributed by atoms with van der Waals surface area (Å²) in [6, 6.07) is 12.3. The van der Waals surface area contributed by atoms with Crippen LogP contribution in [0.5, 0.6) is 0 Å². The lowest BCUT2D eigenvalue weighted by Gasteiger charge is -2.23. The van der Waals surface area contributed by atoms with Gasteiger partial charge in [0.1, 0.15) is 17.6 Å². The third kappa shape index (κ3) is 2.89. The molecule has 0 radical (unpaired) electrons. The molecule has 0 fully saturated rings. The number of nitrogens with zero attached hydrogens (tertiary/aromatic N) is 3. The lowest BCUT2D eigenvalue weighted by atomic mass is 10.1. The molecule has 2 aromatic rings. The molecule has 1 aromatic carbocycles. The maximum Gasteiger partial charge on any atom is 0.146 e. The van der Waals surface area contributed by atoms with Crippen LogP contribution in [0.4, 0.5) is 10.1 Å². The lowest BCUT2D eigenvalue weighted by Crippen LogP contribution is -2.23. The average molecular weight is 255 g/mol. The fourth-order valence-electron chi connectivity index (χ4n) is 1.95. The Hall–Kier alpha value is -2.41. The first-order valence-electron chi connectivity index (χ1n) is 6.09. The van der Waals surface area contributed by atoms with Crippen molar-refractivity contribution in [1.82, 2.24) is 4.98 Å². The minimum absolute atomic E-state index is 0.258. The summed E-state index contributed by atoms with van der Waals surface area (Å²) in [5.74, 6) is -0.258. The van der Waals surface area contributed by atoms with Gasteiger partial charge in [-0.25, -0.2) is 9.37 Å². The van der Waals surface area contributed by atoms with E-state index in [1.165, 1.54) is 6.07 Å². The van der Waals surface area contributed by atoms with Gasteiger partial charge >= 0.3 is 0 Å². The largest absolute Gasteiger partial charge is 0.365 e. The summed E-state index contributed by atoms with van der Waals surface area (Å²) in [7, 11) is 0. The molecule has 0 unspecified atom stereocenters. The average Bonchev–Trinajstić information content (AvgIpc) is 2.46. The van der Waals surface area contributed by atoms with Gasteiger partial charge in [-0.05, 0) is 25.1 Å². The van der Waals surface area contributed by atoms with Crippen molar-refractivity contribution >= 4 is 5.69 Å². The molecule has 1 heterocycles. The number of rotatable bonds is 4. The van der Waals surface area contributed by atoms with Crippen LogP contribution in [0.1, 0.15) is 18.2 Å². The fourth-order valence-corrected chi connectivity index (χ4v) is 1.95. The number of anilines is 1. The SMILES string of the molecule is CCN(Cc1cccnc1C#N)c1ccccc1F. The van der Waals surface area contributed by atoms with Crippen molar-refractivity contribution in [1.29, 1.82) is 5.26 Å². The standard InChI is InChI=1S/C15H14FN3/c1-2-19(15-8-4-3-7-13(15)16)11-12-6-5-9-18-14(12)10-17/h3-9H,2,11H2,1H3. The molecule has 4 heteroatoms. The molecule has 19 heavy (non-hydrogen) atoms. The third-order valence-electron chi connectivity index (χ3n) is 2.93. The molecule has 0 atom stereocenters. The second-order valence-electron chi connectivity index (χ2n) is 4.09. The van der Waals surface area contributed by atoms with E-state index >= 15 is 0 Å². The Kier molecular flexibility index (Phi) is 4.09. The van der Waals surface area contributed by atoms with Crippen LogP contribution in [-0.4, -0.2) is 11.5 Å². The number of hydrogen-bond donors (Lipinski definition) is 0. The van der Waals surface area contributed by atoms with E-state index in [0.717, 1.165) is 5.56 Å². The summed E-state index contributed by atoms with van der Waals surface area (Å²) in [5.41, 5.74) is 1.73. The highest BCUT2D eigenvalue weighted by molar-refractivity contribution is 5.48. The zero-order valence-electron chi connectivity index (χ0n) is 10.7. The van der Waals surface area contributed by atoms with Crippen LogP contribution in [0.2, 0.25) is 0 Å². The van der Waals surface area contributed by atoms with Crippen LogP contribution in [0, 0.1) is 17.1 Å². The van der Waals surface area contributed by atoms with Crippen molar-refractivity contribution < 1.29 is 4.39 Å². The molecule has 1 aromatic heterocycles. The van der Waals surface area contributed by atoms with Crippen LogP contribution in [0.25, 0.3) is 0 Å². The third-order valence-corrected chi connectivity index (χ3v) is 2.93. The Morgan fingerprint density at radius 2 is 2.05 bits per heavy atom. The summed E-state index contributed by atoms with van der Waals surface area (Å²) >= 11 is 0. The van der Waals surface area contributed by atoms with Gasteiger partial charge in [-0.15, -0.1) is 0 Å². The molecular formula is C15H14FN3. The van der Waals surface area contributed by atoms with Crippen molar-refractivity contribution in [2.75, 3.05) is 11.4 Å². The highest BCUT2D eigenvalue weighted by atomic mass is 19.1. The summed E-state index contributed by atoms with van der Waals surface area (Å²) < 4.78 is 13.8. The number of aromatic nitrogens is 1. The first-order chi connectivity index (χ1) is 9.26. The van der Waals surface area contributed by atoms with Gasteiger partial charge in [0.05, 0.1) is 5.69 Å². The monoisotopic (exact) mass is 255 g/mol. The van der Waals surface area contributed by atoms with Gasteiger partial charge in [0, 0.05) is 24.8 Å². The number of hydrogen-bond acceptors (Lipinski definition) is 3. The second-order valence-corrected chi connectivity index (χ2v) is 4.09. The molecular weight excluding hydrogens is 241 g/mol. The molecule has 0 aliphatic rings. The lowest BCUT2D eigenvalue weighted by molar-refractivity contribution is 0.617. The second kappa shape index (κ2) is 5.96. The van der Waals surface area contributed by atoms with Crippen molar-refractivity contribution in [2.45, 2.75) is 13.5 Å². The highest BCUT2D eigenvalue weighted by Crippen LogP contribution is 2.21. The van der Waals surface area contributed by atoms with E-state index in [9.17, 15) is 4.39 Å². The molecule has 0 aliphatic carbocycles. The number of para-hydroxylation sites is 1. The number of pyridine rings is 1. The normalized spacial score (nSPS) is 9.95. The number of halogens is 1. The van der Waals surface area contributed by atoms with Crippen molar-refractivity contribution in [3.05, 3.63) is 59.7 Å². The van der Waals surface area contributed by atoms with Crippen molar-refractivity contribution in [2.24, 2.45) is 0 Å². The first-order valence-corrected chi connectivity index (χ1v) is 6.09. The maximum atomic E-state index is 13.8. The molecule has 0 amide bonds. The zero-order valence-corrected chi connectivity index (χ0v) is 10.7. The van der Waals surface area contributed by atoms with Gasteiger partial charge in [-0.2, -0.15) is 5.26 Å². The highest BCUT2D eigenvalue weighted by Gasteiger charge is 2.12. The Morgan fingerprint density at radius 1 is 1.26 bits per heavy atom. The topological polar surface area (TPSA) is 39.9 Å². The van der Waals surface area contributed by atoms with Crippen LogP contribution in [-0.2, 0) is 6.54 Å². The number of nitriles is 1. The van der Waals surface area contributed by atoms with Crippen LogP contribution < -0.4 is 4.90 Å². The molecule has 2 rings (SSSR count). The Morgan fingerprint density at radius 3 is 2.74 bits per heavy atom. The van der Waals surface area contributed by atoms with E-state index in [-0.39, 0.29) is 5.82 Å². The predicted molar refractivity (Wildman–Crippen MR) is 72.1 cm³/mol. The van der Waals surface area contributed by atoms with Crippen LogP contribution in [0.3, 0.4) is 0 Å². The van der Waals surface area contributed by atoms with Gasteiger partial charge in [0.25, 0.3) is 0 Å². The van der Waals surface area contributed by atoms with E-state index in [1.807, 2.05) is 17.9 Å². The van der Waals surface area contributed by atoms with Crippen molar-refractivity contribution in [3.8, 4) is 6.07 Å². The molecule has 0 saturated heterocycles. The quantitative estimate of drug-likeness (QED) is 0.842. The smallest absolute Gasteiger partial charge is 0.146 e. The summed E-state index contributed by atoms with van der Waals surface area (Å²) in [5, 5.41) is 9.02. The van der Waals surface area contributed by atoms with Gasteiger partial charge in [-0.1, -0.05) is 18.2 Å². The Bertz CT molecular complexity index is 604. The van der Waals surface area contributed by atoms with E-state index < -0.39 is 0 Å². The molecule has 0 aliphatic heterocycles. The molecule has 0 saturated carbocycles. The van der Waals surface area contributed by atoms with Crippen LogP contribution in [0.15, 0.2) is 42.6 Å². The predicted octanol–water partition coefficient (Wildman–Crippen LogP) is 3.12.